The molecule has 1 aromatic rings. The Bertz CT molecular complexity index is 643. The van der Waals surface area contributed by atoms with Crippen molar-refractivity contribution in [2.75, 3.05) is 25.9 Å². The Kier molecular flexibility index (Phi) is 3.93. The van der Waals surface area contributed by atoms with Gasteiger partial charge < -0.3 is 0 Å². The zero-order chi connectivity index (χ0) is 16.0. The Morgan fingerprint density at radius 2 is 2.04 bits per heavy atom. The van der Waals surface area contributed by atoms with Crippen LogP contribution in [0.15, 0.2) is 12.7 Å². The Hall–Kier alpha value is -0.990. The normalized spacial score (nSPS) is 33.0. The molecule has 3 aliphatic rings. The first-order valence-electron chi connectivity index (χ1n) is 8.54. The molecule has 0 radical (unpaired) electrons. The third-order valence-electron chi connectivity index (χ3n) is 5.63. The number of nitrogens with zero attached hydrogens (tertiary/aromatic N) is 5. The highest BCUT2D eigenvalue weighted by molar-refractivity contribution is 7.88. The van der Waals surface area contributed by atoms with Crippen LogP contribution < -0.4 is 0 Å². The van der Waals surface area contributed by atoms with Crippen molar-refractivity contribution in [1.82, 2.24) is 24.0 Å². The second-order valence-electron chi connectivity index (χ2n) is 7.38. The summed E-state index contributed by atoms with van der Waals surface area (Å²) in [6.45, 7) is 3.37. The van der Waals surface area contributed by atoms with E-state index < -0.39 is 10.0 Å². The minimum Gasteiger partial charge on any atom is -0.295 e. The standard InChI is InChI=1S/C15H25N5O2S/c1-23(21,22)19-5-4-15-13(8-19)6-14(9-18-11-16-10-17-18)20(15)7-12-2-3-12/h10-15H,2-9H2,1H3/t13-,14+,15+/m0/s1. The maximum atomic E-state index is 11.9. The highest BCUT2D eigenvalue weighted by atomic mass is 32.2. The van der Waals surface area contributed by atoms with Gasteiger partial charge in [0, 0.05) is 31.7 Å². The van der Waals surface area contributed by atoms with Crippen LogP contribution in [0.1, 0.15) is 25.7 Å². The molecule has 2 saturated heterocycles. The summed E-state index contributed by atoms with van der Waals surface area (Å²) in [7, 11) is -3.07. The lowest BCUT2D eigenvalue weighted by Crippen LogP contribution is -2.49. The minimum atomic E-state index is -3.07. The van der Waals surface area contributed by atoms with E-state index in [2.05, 4.69) is 15.0 Å². The van der Waals surface area contributed by atoms with E-state index in [9.17, 15) is 8.42 Å². The van der Waals surface area contributed by atoms with Gasteiger partial charge >= 0.3 is 0 Å². The van der Waals surface area contributed by atoms with Crippen molar-refractivity contribution in [3.8, 4) is 0 Å². The van der Waals surface area contributed by atoms with Gasteiger partial charge in [0.15, 0.2) is 0 Å². The summed E-state index contributed by atoms with van der Waals surface area (Å²) in [4.78, 5) is 6.70. The van der Waals surface area contributed by atoms with Crippen molar-refractivity contribution < 1.29 is 8.42 Å². The van der Waals surface area contributed by atoms with Gasteiger partial charge in [-0.25, -0.2) is 17.7 Å². The summed E-state index contributed by atoms with van der Waals surface area (Å²) >= 11 is 0. The van der Waals surface area contributed by atoms with Gasteiger partial charge in [-0.15, -0.1) is 0 Å². The summed E-state index contributed by atoms with van der Waals surface area (Å²) in [6, 6.07) is 0.980. The first kappa shape index (κ1) is 15.5. The summed E-state index contributed by atoms with van der Waals surface area (Å²) in [5.74, 6) is 1.30. The lowest BCUT2D eigenvalue weighted by molar-refractivity contribution is 0.121. The monoisotopic (exact) mass is 339 g/mol. The summed E-state index contributed by atoms with van der Waals surface area (Å²) < 4.78 is 27.3. The molecule has 0 aromatic carbocycles. The fourth-order valence-electron chi connectivity index (χ4n) is 4.32. The van der Waals surface area contributed by atoms with Crippen LogP contribution in [0.25, 0.3) is 0 Å². The molecule has 3 heterocycles. The molecule has 7 nitrogen and oxygen atoms in total. The smallest absolute Gasteiger partial charge is 0.211 e. The second-order valence-corrected chi connectivity index (χ2v) is 9.37. The van der Waals surface area contributed by atoms with Crippen LogP contribution in [0, 0.1) is 11.8 Å². The molecule has 3 atom stereocenters. The predicted octanol–water partition coefficient (Wildman–Crippen LogP) is 0.413. The molecule has 1 saturated carbocycles. The summed E-state index contributed by atoms with van der Waals surface area (Å²) in [5.41, 5.74) is 0. The van der Waals surface area contributed by atoms with Crippen LogP contribution in [-0.4, -0.2) is 70.4 Å². The van der Waals surface area contributed by atoms with Crippen molar-refractivity contribution >= 4 is 10.0 Å². The first-order chi connectivity index (χ1) is 11.0. The second kappa shape index (κ2) is 5.82. The van der Waals surface area contributed by atoms with Crippen LogP contribution in [-0.2, 0) is 16.6 Å². The van der Waals surface area contributed by atoms with E-state index in [0.29, 0.717) is 31.1 Å². The number of hydrogen-bond donors (Lipinski definition) is 0. The van der Waals surface area contributed by atoms with Crippen molar-refractivity contribution in [2.24, 2.45) is 11.8 Å². The zero-order valence-corrected chi connectivity index (χ0v) is 14.4. The van der Waals surface area contributed by atoms with Crippen LogP contribution in [0.3, 0.4) is 0 Å². The number of piperidine rings is 1. The summed E-state index contributed by atoms with van der Waals surface area (Å²) in [6.07, 6.45) is 9.40. The average Bonchev–Trinajstić information content (AvgIpc) is 3.04. The van der Waals surface area contributed by atoms with E-state index in [4.69, 9.17) is 0 Å². The minimum absolute atomic E-state index is 0.450. The van der Waals surface area contributed by atoms with E-state index >= 15 is 0 Å². The number of hydrogen-bond acceptors (Lipinski definition) is 5. The van der Waals surface area contributed by atoms with Gasteiger partial charge in [0.05, 0.1) is 12.8 Å². The summed E-state index contributed by atoms with van der Waals surface area (Å²) in [5, 5.41) is 4.25. The van der Waals surface area contributed by atoms with Crippen molar-refractivity contribution in [1.29, 1.82) is 0 Å². The molecule has 4 rings (SSSR count). The SMILES string of the molecule is CS(=O)(=O)N1CC[C@@H]2[C@@H](C[C@H](Cn3cncn3)N2CC2CC2)C1. The van der Waals surface area contributed by atoms with Gasteiger partial charge in [0.25, 0.3) is 0 Å². The topological polar surface area (TPSA) is 71.3 Å². The van der Waals surface area contributed by atoms with Crippen LogP contribution in [0.4, 0.5) is 0 Å². The van der Waals surface area contributed by atoms with Crippen LogP contribution in [0.5, 0.6) is 0 Å². The van der Waals surface area contributed by atoms with Crippen molar-refractivity contribution in [3.63, 3.8) is 0 Å². The maximum Gasteiger partial charge on any atom is 0.211 e. The van der Waals surface area contributed by atoms with Gasteiger partial charge in [-0.05, 0) is 37.5 Å². The van der Waals surface area contributed by atoms with Crippen LogP contribution in [0.2, 0.25) is 0 Å². The van der Waals surface area contributed by atoms with E-state index in [1.54, 1.807) is 17.0 Å². The fourth-order valence-corrected chi connectivity index (χ4v) is 5.22. The number of fused-ring (bicyclic) bond motifs is 1. The average molecular weight is 339 g/mol. The lowest BCUT2D eigenvalue weighted by atomic mass is 9.93. The Morgan fingerprint density at radius 1 is 1.22 bits per heavy atom. The van der Waals surface area contributed by atoms with Gasteiger partial charge in [-0.3, -0.25) is 9.58 Å². The van der Waals surface area contributed by atoms with Gasteiger partial charge in [-0.2, -0.15) is 5.10 Å². The molecule has 0 bridgehead atoms. The molecule has 8 heteroatoms. The molecule has 1 aromatic heterocycles. The molecule has 1 aliphatic carbocycles. The number of rotatable bonds is 5. The molecular formula is C15H25N5O2S. The third-order valence-corrected chi connectivity index (χ3v) is 6.90. The third kappa shape index (κ3) is 3.29. The highest BCUT2D eigenvalue weighted by Gasteiger charge is 2.46. The predicted molar refractivity (Wildman–Crippen MR) is 86.2 cm³/mol. The fraction of sp³-hybridized carbons (Fsp3) is 0.867. The molecule has 0 N–H and O–H groups in total. The molecule has 2 aliphatic heterocycles. The number of aromatic nitrogens is 3. The van der Waals surface area contributed by atoms with Gasteiger partial charge in [0.1, 0.15) is 12.7 Å². The van der Waals surface area contributed by atoms with E-state index in [1.165, 1.54) is 25.6 Å². The molecule has 0 spiro atoms. The Morgan fingerprint density at radius 3 is 2.70 bits per heavy atom. The molecule has 128 valence electrons. The molecule has 3 fully saturated rings. The molecule has 0 amide bonds. The van der Waals surface area contributed by atoms with Gasteiger partial charge in [0.2, 0.25) is 10.0 Å². The Labute approximate surface area is 137 Å². The van der Waals surface area contributed by atoms with Crippen molar-refractivity contribution in [2.45, 2.75) is 44.3 Å². The van der Waals surface area contributed by atoms with Crippen molar-refractivity contribution in [3.05, 3.63) is 12.7 Å². The number of likely N-dealkylation sites (tertiary alicyclic amines) is 1. The zero-order valence-electron chi connectivity index (χ0n) is 13.6. The highest BCUT2D eigenvalue weighted by Crippen LogP contribution is 2.40. The quantitative estimate of drug-likeness (QED) is 0.777. The largest absolute Gasteiger partial charge is 0.295 e. The molecule has 0 unspecified atom stereocenters. The van der Waals surface area contributed by atoms with Crippen LogP contribution >= 0.6 is 0 Å². The van der Waals surface area contributed by atoms with E-state index in [1.807, 2.05) is 4.68 Å². The van der Waals surface area contributed by atoms with Gasteiger partial charge in [-0.1, -0.05) is 0 Å². The Balaban J connectivity index is 1.50. The maximum absolute atomic E-state index is 11.9. The first-order valence-corrected chi connectivity index (χ1v) is 10.4. The number of sulfonamides is 1. The molecular weight excluding hydrogens is 314 g/mol. The molecule has 23 heavy (non-hydrogen) atoms. The van der Waals surface area contributed by atoms with E-state index in [-0.39, 0.29) is 0 Å². The lowest BCUT2D eigenvalue weighted by Gasteiger charge is -2.37. The van der Waals surface area contributed by atoms with E-state index in [0.717, 1.165) is 25.3 Å².